The van der Waals surface area contributed by atoms with Crippen molar-refractivity contribution in [1.29, 1.82) is 0 Å². The van der Waals surface area contributed by atoms with Crippen molar-refractivity contribution in [2.24, 2.45) is 0 Å². The SMILES string of the molecule is FC(F)(F)c1cc(-c2cnccn2)nc(Cl)n1. The Hall–Kier alpha value is -1.76. The number of hydrogen-bond donors (Lipinski definition) is 0. The highest BCUT2D eigenvalue weighted by molar-refractivity contribution is 6.28. The lowest BCUT2D eigenvalue weighted by Gasteiger charge is -2.07. The molecule has 0 spiro atoms. The number of nitrogens with zero attached hydrogens (tertiary/aromatic N) is 4. The summed E-state index contributed by atoms with van der Waals surface area (Å²) < 4.78 is 37.4. The number of rotatable bonds is 1. The number of alkyl halides is 3. The van der Waals surface area contributed by atoms with Crippen LogP contribution in [0.25, 0.3) is 11.4 Å². The number of hydrogen-bond acceptors (Lipinski definition) is 4. The molecule has 0 fully saturated rings. The largest absolute Gasteiger partial charge is 0.433 e. The van der Waals surface area contributed by atoms with Gasteiger partial charge in [-0.25, -0.2) is 9.97 Å². The molecule has 2 aromatic heterocycles. The summed E-state index contributed by atoms with van der Waals surface area (Å²) in [6.45, 7) is 0. The van der Waals surface area contributed by atoms with Gasteiger partial charge in [0.1, 0.15) is 11.4 Å². The fourth-order valence-electron chi connectivity index (χ4n) is 1.13. The highest BCUT2D eigenvalue weighted by Gasteiger charge is 2.33. The van der Waals surface area contributed by atoms with E-state index in [0.29, 0.717) is 0 Å². The predicted molar refractivity (Wildman–Crippen MR) is 53.1 cm³/mol. The molecule has 4 nitrogen and oxygen atoms in total. The minimum Gasteiger partial charge on any atom is -0.261 e. The molecule has 0 N–H and O–H groups in total. The Morgan fingerprint density at radius 3 is 2.41 bits per heavy atom. The molecule has 0 aliphatic heterocycles. The summed E-state index contributed by atoms with van der Waals surface area (Å²) in [7, 11) is 0. The number of aromatic nitrogens is 4. The molecule has 0 saturated heterocycles. The van der Waals surface area contributed by atoms with E-state index in [-0.39, 0.29) is 11.4 Å². The first-order valence-electron chi connectivity index (χ1n) is 4.35. The van der Waals surface area contributed by atoms with Crippen LogP contribution in [0, 0.1) is 0 Å². The summed E-state index contributed by atoms with van der Waals surface area (Å²) in [5.41, 5.74) is -0.939. The molecular formula is C9H4ClF3N4. The zero-order valence-corrected chi connectivity index (χ0v) is 8.87. The molecule has 0 bridgehead atoms. The van der Waals surface area contributed by atoms with Gasteiger partial charge in [0.2, 0.25) is 5.28 Å². The predicted octanol–water partition coefficient (Wildman–Crippen LogP) is 2.61. The van der Waals surface area contributed by atoms with Gasteiger partial charge in [0.25, 0.3) is 0 Å². The van der Waals surface area contributed by atoms with E-state index in [9.17, 15) is 13.2 Å². The average Bonchev–Trinajstić information content (AvgIpc) is 2.28. The van der Waals surface area contributed by atoms with Crippen LogP contribution in [-0.4, -0.2) is 19.9 Å². The van der Waals surface area contributed by atoms with E-state index >= 15 is 0 Å². The van der Waals surface area contributed by atoms with Crippen molar-refractivity contribution in [1.82, 2.24) is 19.9 Å². The maximum absolute atomic E-state index is 12.5. The zero-order chi connectivity index (χ0) is 12.5. The molecule has 0 atom stereocenters. The molecule has 0 amide bonds. The molecular weight excluding hydrogens is 257 g/mol. The molecule has 0 aliphatic carbocycles. The average molecular weight is 261 g/mol. The maximum Gasteiger partial charge on any atom is 0.433 e. The van der Waals surface area contributed by atoms with Crippen LogP contribution in [0.3, 0.4) is 0 Å². The van der Waals surface area contributed by atoms with Crippen molar-refractivity contribution < 1.29 is 13.2 Å². The van der Waals surface area contributed by atoms with Gasteiger partial charge in [-0.2, -0.15) is 13.2 Å². The Labute approximate surface area is 98.5 Å². The van der Waals surface area contributed by atoms with E-state index in [0.717, 1.165) is 6.07 Å². The van der Waals surface area contributed by atoms with E-state index < -0.39 is 17.2 Å². The molecule has 2 heterocycles. The Morgan fingerprint density at radius 2 is 1.82 bits per heavy atom. The Morgan fingerprint density at radius 1 is 1.06 bits per heavy atom. The van der Waals surface area contributed by atoms with Gasteiger partial charge in [-0.3, -0.25) is 9.97 Å². The highest BCUT2D eigenvalue weighted by atomic mass is 35.5. The monoisotopic (exact) mass is 260 g/mol. The highest BCUT2D eigenvalue weighted by Crippen LogP contribution is 2.30. The van der Waals surface area contributed by atoms with Crippen LogP contribution >= 0.6 is 11.6 Å². The number of halogens is 4. The summed E-state index contributed by atoms with van der Waals surface area (Å²) >= 11 is 5.44. The van der Waals surface area contributed by atoms with Crippen LogP contribution in [0.1, 0.15) is 5.69 Å². The Bertz CT molecular complexity index is 530. The van der Waals surface area contributed by atoms with Gasteiger partial charge >= 0.3 is 6.18 Å². The third-order valence-corrected chi connectivity index (χ3v) is 1.98. The second-order valence-corrected chi connectivity index (χ2v) is 3.33. The van der Waals surface area contributed by atoms with Gasteiger partial charge in [-0.05, 0) is 17.7 Å². The third kappa shape index (κ3) is 2.68. The molecule has 8 heteroatoms. The summed E-state index contributed by atoms with van der Waals surface area (Å²) in [5.74, 6) is 0. The van der Waals surface area contributed by atoms with Crippen LogP contribution in [0.2, 0.25) is 5.28 Å². The summed E-state index contributed by atoms with van der Waals surface area (Å²) in [4.78, 5) is 14.4. The first kappa shape index (κ1) is 11.7. The first-order chi connectivity index (χ1) is 7.97. The molecule has 0 saturated carbocycles. The van der Waals surface area contributed by atoms with E-state index in [4.69, 9.17) is 11.6 Å². The minimum atomic E-state index is -4.58. The summed E-state index contributed by atoms with van der Waals surface area (Å²) in [6, 6.07) is 0.774. The van der Waals surface area contributed by atoms with Crippen LogP contribution in [0.5, 0.6) is 0 Å². The van der Waals surface area contributed by atoms with Gasteiger partial charge in [0.15, 0.2) is 0 Å². The van der Waals surface area contributed by atoms with Gasteiger partial charge in [0, 0.05) is 12.4 Å². The van der Waals surface area contributed by atoms with Gasteiger partial charge < -0.3 is 0 Å². The molecule has 0 aliphatic rings. The topological polar surface area (TPSA) is 51.6 Å². The minimum absolute atomic E-state index is 0.0228. The first-order valence-corrected chi connectivity index (χ1v) is 4.73. The lowest BCUT2D eigenvalue weighted by molar-refractivity contribution is -0.141. The molecule has 88 valence electrons. The lowest BCUT2D eigenvalue weighted by Crippen LogP contribution is -2.09. The van der Waals surface area contributed by atoms with Gasteiger partial charge in [0.05, 0.1) is 11.9 Å². The van der Waals surface area contributed by atoms with E-state index in [1.165, 1.54) is 18.6 Å². The maximum atomic E-state index is 12.5. The van der Waals surface area contributed by atoms with Crippen molar-refractivity contribution in [2.45, 2.75) is 6.18 Å². The van der Waals surface area contributed by atoms with Crippen LogP contribution in [0.15, 0.2) is 24.7 Å². The quantitative estimate of drug-likeness (QED) is 0.740. The molecule has 0 unspecified atom stereocenters. The van der Waals surface area contributed by atoms with Crippen LogP contribution in [-0.2, 0) is 6.18 Å². The molecule has 2 rings (SSSR count). The second kappa shape index (κ2) is 4.25. The molecule has 17 heavy (non-hydrogen) atoms. The van der Waals surface area contributed by atoms with E-state index in [1.54, 1.807) is 0 Å². The lowest BCUT2D eigenvalue weighted by atomic mass is 10.2. The van der Waals surface area contributed by atoms with Crippen LogP contribution < -0.4 is 0 Å². The standard InChI is InChI=1S/C9H4ClF3N4/c10-8-16-5(6-4-14-1-2-15-6)3-7(17-8)9(11,12)13/h1-4H. The van der Waals surface area contributed by atoms with Crippen molar-refractivity contribution in [2.75, 3.05) is 0 Å². The summed E-state index contributed by atoms with van der Waals surface area (Å²) in [6.07, 6.45) is -0.544. The van der Waals surface area contributed by atoms with E-state index in [1.807, 2.05) is 0 Å². The summed E-state index contributed by atoms with van der Waals surface area (Å²) in [5, 5.41) is -0.486. The van der Waals surface area contributed by atoms with Crippen molar-refractivity contribution in [3.63, 3.8) is 0 Å². The van der Waals surface area contributed by atoms with Crippen molar-refractivity contribution in [3.8, 4) is 11.4 Å². The van der Waals surface area contributed by atoms with E-state index in [2.05, 4.69) is 19.9 Å². The Balaban J connectivity index is 2.54. The normalized spacial score (nSPS) is 11.5. The third-order valence-electron chi connectivity index (χ3n) is 1.81. The van der Waals surface area contributed by atoms with Crippen molar-refractivity contribution in [3.05, 3.63) is 35.6 Å². The second-order valence-electron chi connectivity index (χ2n) is 3.00. The molecule has 2 aromatic rings. The van der Waals surface area contributed by atoms with Crippen molar-refractivity contribution >= 4 is 11.6 Å². The Kier molecular flexibility index (Phi) is 2.93. The molecule has 0 radical (unpaired) electrons. The van der Waals surface area contributed by atoms with Gasteiger partial charge in [-0.1, -0.05) is 0 Å². The smallest absolute Gasteiger partial charge is 0.261 e. The van der Waals surface area contributed by atoms with Crippen LogP contribution in [0.4, 0.5) is 13.2 Å². The van der Waals surface area contributed by atoms with Gasteiger partial charge in [-0.15, -0.1) is 0 Å². The fourth-order valence-corrected chi connectivity index (χ4v) is 1.31. The zero-order valence-electron chi connectivity index (χ0n) is 8.11. The fraction of sp³-hybridized carbons (Fsp3) is 0.111. The molecule has 0 aromatic carbocycles.